The van der Waals surface area contributed by atoms with Gasteiger partial charge in [0.15, 0.2) is 11.5 Å². The molecule has 0 amide bonds. The maximum atomic E-state index is 9.09. The van der Waals surface area contributed by atoms with E-state index in [2.05, 4.69) is 4.98 Å². The Morgan fingerprint density at radius 3 is 2.89 bits per heavy atom. The molecule has 2 rings (SSSR count). The number of nitrogens with zero attached hydrogens (tertiary/aromatic N) is 1. The Morgan fingerprint density at radius 1 is 1.44 bits per heavy atom. The Kier molecular flexibility index (Phi) is 4.41. The molecule has 0 fully saturated rings. The summed E-state index contributed by atoms with van der Waals surface area (Å²) < 4.78 is 10.8. The zero-order chi connectivity index (χ0) is 13.0. The first-order valence-electron chi connectivity index (χ1n) is 5.22. The summed E-state index contributed by atoms with van der Waals surface area (Å²) in [6.45, 7) is 0.296. The van der Waals surface area contributed by atoms with Gasteiger partial charge in [0.25, 0.3) is 0 Å². The molecule has 0 atom stereocenters. The Hall–Kier alpha value is -1.30. The molecule has 0 spiro atoms. The van der Waals surface area contributed by atoms with Crippen LogP contribution in [0.25, 0.3) is 0 Å². The summed E-state index contributed by atoms with van der Waals surface area (Å²) >= 11 is 7.61. The number of methoxy groups -OCH3 is 1. The van der Waals surface area contributed by atoms with Crippen LogP contribution in [0.2, 0.25) is 5.02 Å². The van der Waals surface area contributed by atoms with Gasteiger partial charge in [-0.1, -0.05) is 11.6 Å². The molecule has 0 aliphatic heterocycles. The molecular weight excluding hydrogens is 274 g/mol. The summed E-state index contributed by atoms with van der Waals surface area (Å²) in [5.74, 6) is 0.987. The van der Waals surface area contributed by atoms with Crippen LogP contribution in [0, 0.1) is 0 Å². The third kappa shape index (κ3) is 2.93. The minimum atomic E-state index is -0.0921. The fourth-order valence-electron chi connectivity index (χ4n) is 1.46. The lowest BCUT2D eigenvalue weighted by molar-refractivity contribution is 0.275. The molecule has 0 saturated heterocycles. The first-order chi connectivity index (χ1) is 8.74. The average molecular weight is 286 g/mol. The van der Waals surface area contributed by atoms with E-state index in [1.54, 1.807) is 23.8 Å². The van der Waals surface area contributed by atoms with E-state index in [9.17, 15) is 0 Å². The number of aliphatic hydroxyl groups excluding tert-OH is 1. The Balaban J connectivity index is 2.20. The van der Waals surface area contributed by atoms with Crippen molar-refractivity contribution in [3.8, 4) is 11.5 Å². The summed E-state index contributed by atoms with van der Waals surface area (Å²) in [4.78, 5) is 4.97. The van der Waals surface area contributed by atoms with Crippen LogP contribution in [0.15, 0.2) is 23.8 Å². The van der Waals surface area contributed by atoms with Crippen molar-refractivity contribution in [2.75, 3.05) is 7.11 Å². The molecule has 96 valence electrons. The highest BCUT2D eigenvalue weighted by Gasteiger charge is 2.12. The van der Waals surface area contributed by atoms with E-state index in [1.165, 1.54) is 18.4 Å². The van der Waals surface area contributed by atoms with E-state index in [0.29, 0.717) is 28.7 Å². The van der Waals surface area contributed by atoms with Gasteiger partial charge in [-0.3, -0.25) is 4.98 Å². The fraction of sp³-hybridized carbons (Fsp3) is 0.250. The van der Waals surface area contributed by atoms with Crippen LogP contribution in [-0.2, 0) is 13.2 Å². The molecule has 0 bridgehead atoms. The van der Waals surface area contributed by atoms with Gasteiger partial charge < -0.3 is 14.6 Å². The van der Waals surface area contributed by atoms with Gasteiger partial charge in [-0.15, -0.1) is 11.3 Å². The van der Waals surface area contributed by atoms with Crippen molar-refractivity contribution in [1.29, 1.82) is 0 Å². The molecule has 1 aromatic carbocycles. The van der Waals surface area contributed by atoms with Gasteiger partial charge >= 0.3 is 0 Å². The quantitative estimate of drug-likeness (QED) is 0.918. The first-order valence-corrected chi connectivity index (χ1v) is 6.47. The summed E-state index contributed by atoms with van der Waals surface area (Å²) in [7, 11) is 1.53. The van der Waals surface area contributed by atoms with E-state index in [-0.39, 0.29) is 6.61 Å². The molecule has 0 unspecified atom stereocenters. The molecule has 1 heterocycles. The highest BCUT2D eigenvalue weighted by molar-refractivity contribution is 7.09. The van der Waals surface area contributed by atoms with Crippen LogP contribution in [0.1, 0.15) is 10.4 Å². The van der Waals surface area contributed by atoms with Gasteiger partial charge in [-0.05, 0) is 17.7 Å². The molecule has 0 radical (unpaired) electrons. The van der Waals surface area contributed by atoms with Crippen LogP contribution in [-0.4, -0.2) is 17.2 Å². The van der Waals surface area contributed by atoms with Crippen molar-refractivity contribution >= 4 is 22.9 Å². The van der Waals surface area contributed by atoms with Crippen LogP contribution in [0.4, 0.5) is 0 Å². The Labute approximate surface area is 114 Å². The third-order valence-electron chi connectivity index (χ3n) is 2.31. The number of aromatic nitrogens is 1. The molecule has 0 saturated carbocycles. The minimum Gasteiger partial charge on any atom is -0.493 e. The number of thiazole rings is 1. The molecule has 18 heavy (non-hydrogen) atoms. The van der Waals surface area contributed by atoms with Gasteiger partial charge in [0.1, 0.15) is 6.61 Å². The van der Waals surface area contributed by atoms with Gasteiger partial charge in [0.05, 0.1) is 29.1 Å². The highest BCUT2D eigenvalue weighted by atomic mass is 35.5. The number of halogens is 1. The SMILES string of the molecule is COc1cc(CO)cc(Cl)c1OCc1cncs1. The maximum absolute atomic E-state index is 9.09. The van der Waals surface area contributed by atoms with Crippen molar-refractivity contribution in [3.63, 3.8) is 0 Å². The van der Waals surface area contributed by atoms with Crippen molar-refractivity contribution in [2.24, 2.45) is 0 Å². The number of hydrogen-bond acceptors (Lipinski definition) is 5. The second-order valence-electron chi connectivity index (χ2n) is 3.52. The zero-order valence-electron chi connectivity index (χ0n) is 9.72. The highest BCUT2D eigenvalue weighted by Crippen LogP contribution is 2.37. The average Bonchev–Trinajstić information content (AvgIpc) is 2.89. The number of benzene rings is 1. The number of ether oxygens (including phenoxy) is 2. The predicted molar refractivity (Wildman–Crippen MR) is 70.4 cm³/mol. The van der Waals surface area contributed by atoms with Crippen LogP contribution in [0.5, 0.6) is 11.5 Å². The second-order valence-corrected chi connectivity index (χ2v) is 4.90. The van der Waals surface area contributed by atoms with Crippen molar-refractivity contribution < 1.29 is 14.6 Å². The van der Waals surface area contributed by atoms with Crippen molar-refractivity contribution in [3.05, 3.63) is 39.3 Å². The van der Waals surface area contributed by atoms with Gasteiger partial charge in [-0.25, -0.2) is 0 Å². The largest absolute Gasteiger partial charge is 0.493 e. The second kappa shape index (κ2) is 6.04. The molecule has 1 aromatic heterocycles. The number of rotatable bonds is 5. The van der Waals surface area contributed by atoms with Crippen LogP contribution >= 0.6 is 22.9 Å². The smallest absolute Gasteiger partial charge is 0.180 e. The normalized spacial score (nSPS) is 10.4. The standard InChI is InChI=1S/C12H12ClNO3S/c1-16-11-3-8(5-15)2-10(13)12(11)17-6-9-4-14-7-18-9/h2-4,7,15H,5-6H2,1H3. The summed E-state index contributed by atoms with van der Waals surface area (Å²) in [5, 5.41) is 9.51. The molecule has 1 N–H and O–H groups in total. The van der Waals surface area contributed by atoms with Gasteiger partial charge in [0.2, 0.25) is 0 Å². The van der Waals surface area contributed by atoms with Crippen LogP contribution < -0.4 is 9.47 Å². The summed E-state index contributed by atoms with van der Waals surface area (Å²) in [6, 6.07) is 3.36. The molecule has 4 nitrogen and oxygen atoms in total. The van der Waals surface area contributed by atoms with Crippen LogP contribution in [0.3, 0.4) is 0 Å². The molecule has 0 aliphatic carbocycles. The molecule has 0 aliphatic rings. The first kappa shape index (κ1) is 13.1. The lowest BCUT2D eigenvalue weighted by atomic mass is 10.2. The predicted octanol–water partition coefficient (Wildman–Crippen LogP) is 2.88. The van der Waals surface area contributed by atoms with Gasteiger partial charge in [-0.2, -0.15) is 0 Å². The van der Waals surface area contributed by atoms with E-state index in [1.807, 2.05) is 0 Å². The Bertz CT molecular complexity index is 516. The van der Waals surface area contributed by atoms with E-state index < -0.39 is 0 Å². The van der Waals surface area contributed by atoms with E-state index >= 15 is 0 Å². The topological polar surface area (TPSA) is 51.6 Å². The molecular formula is C12H12ClNO3S. The lowest BCUT2D eigenvalue weighted by Gasteiger charge is -2.12. The lowest BCUT2D eigenvalue weighted by Crippen LogP contribution is -1.98. The summed E-state index contributed by atoms with van der Waals surface area (Å²) in [6.07, 6.45) is 1.74. The Morgan fingerprint density at radius 2 is 2.28 bits per heavy atom. The third-order valence-corrected chi connectivity index (χ3v) is 3.35. The maximum Gasteiger partial charge on any atom is 0.180 e. The minimum absolute atomic E-state index is 0.0921. The van der Waals surface area contributed by atoms with Gasteiger partial charge in [0, 0.05) is 6.20 Å². The molecule has 2 aromatic rings. The van der Waals surface area contributed by atoms with E-state index in [4.69, 9.17) is 26.2 Å². The van der Waals surface area contributed by atoms with Crippen molar-refractivity contribution in [2.45, 2.75) is 13.2 Å². The zero-order valence-corrected chi connectivity index (χ0v) is 11.3. The fourth-order valence-corrected chi connectivity index (χ4v) is 2.25. The number of hydrogen-bond donors (Lipinski definition) is 1. The summed E-state index contributed by atoms with van der Waals surface area (Å²) in [5.41, 5.74) is 2.42. The van der Waals surface area contributed by atoms with Crippen molar-refractivity contribution in [1.82, 2.24) is 4.98 Å². The monoisotopic (exact) mass is 285 g/mol. The number of aliphatic hydroxyl groups is 1. The van der Waals surface area contributed by atoms with E-state index in [0.717, 1.165) is 4.88 Å². The molecule has 6 heteroatoms.